The maximum absolute atomic E-state index is 11.4. The molecule has 2 N–H and O–H groups in total. The molecular weight excluding hydrogens is 178 g/mol. The highest BCUT2D eigenvalue weighted by molar-refractivity contribution is 6.11. The Labute approximate surface area is 80.8 Å². The summed E-state index contributed by atoms with van der Waals surface area (Å²) in [6.07, 6.45) is 1.19. The number of benzene rings is 1. The summed E-state index contributed by atoms with van der Waals surface area (Å²) >= 11 is 0. The Morgan fingerprint density at radius 2 is 1.86 bits per heavy atom. The first-order valence-corrected chi connectivity index (χ1v) is 4.08. The summed E-state index contributed by atoms with van der Waals surface area (Å²) < 4.78 is 0. The Balaban J connectivity index is 2.42. The zero-order chi connectivity index (χ0) is 9.97. The van der Waals surface area contributed by atoms with Crippen LogP contribution in [0.25, 0.3) is 0 Å². The normalized spacial score (nSPS) is 16.5. The van der Waals surface area contributed by atoms with Gasteiger partial charge in [0.2, 0.25) is 0 Å². The zero-order valence-corrected chi connectivity index (χ0v) is 7.24. The number of carbonyl (C=O) groups is 1. The molecule has 1 heterocycles. The zero-order valence-electron chi connectivity index (χ0n) is 7.24. The summed E-state index contributed by atoms with van der Waals surface area (Å²) in [7, 11) is 0. The number of amides is 1. The maximum atomic E-state index is 11.4. The predicted molar refractivity (Wildman–Crippen MR) is 52.4 cm³/mol. The number of para-hydroxylation sites is 2. The van der Waals surface area contributed by atoms with Crippen molar-refractivity contribution in [1.82, 2.24) is 0 Å². The third-order valence-electron chi connectivity index (χ3n) is 1.90. The van der Waals surface area contributed by atoms with Crippen molar-refractivity contribution in [2.75, 3.05) is 10.6 Å². The topological polar surface area (TPSA) is 64.9 Å². The van der Waals surface area contributed by atoms with Gasteiger partial charge >= 0.3 is 0 Å². The lowest BCUT2D eigenvalue weighted by Gasteiger charge is -2.19. The molecule has 0 saturated carbocycles. The Bertz CT molecular complexity index is 457. The number of fused-ring (bicyclic) bond motifs is 1. The second-order valence-corrected chi connectivity index (χ2v) is 2.81. The van der Waals surface area contributed by atoms with Crippen molar-refractivity contribution in [3.05, 3.63) is 36.0 Å². The van der Waals surface area contributed by atoms with Crippen LogP contribution in [0.1, 0.15) is 0 Å². The molecule has 0 aliphatic carbocycles. The van der Waals surface area contributed by atoms with Gasteiger partial charge in [-0.15, -0.1) is 0 Å². The first kappa shape index (κ1) is 8.32. The fourth-order valence-electron chi connectivity index (χ4n) is 1.26. The molecule has 1 aliphatic rings. The number of hydrogen-bond acceptors (Lipinski definition) is 3. The molecule has 0 bridgehead atoms. The summed E-state index contributed by atoms with van der Waals surface area (Å²) in [5.74, 6) is -0.287. The van der Waals surface area contributed by atoms with Crippen LogP contribution in [-0.2, 0) is 4.79 Å². The molecule has 0 unspecified atom stereocenters. The van der Waals surface area contributed by atoms with Crippen LogP contribution in [0.4, 0.5) is 11.4 Å². The molecule has 0 fully saturated rings. The van der Waals surface area contributed by atoms with Crippen LogP contribution in [0.3, 0.4) is 0 Å². The number of hydrogen-bond donors (Lipinski definition) is 2. The lowest BCUT2D eigenvalue weighted by Crippen LogP contribution is -2.25. The van der Waals surface area contributed by atoms with Crippen molar-refractivity contribution in [2.45, 2.75) is 0 Å². The van der Waals surface area contributed by atoms with Gasteiger partial charge in [-0.25, -0.2) is 0 Å². The van der Waals surface area contributed by atoms with Gasteiger partial charge in [0, 0.05) is 6.08 Å². The summed E-state index contributed by atoms with van der Waals surface area (Å²) in [6, 6.07) is 9.13. The molecule has 0 aromatic heterocycles. The number of allylic oxidation sites excluding steroid dienone is 1. The third kappa shape index (κ3) is 1.31. The molecule has 0 saturated heterocycles. The van der Waals surface area contributed by atoms with Crippen molar-refractivity contribution < 1.29 is 4.79 Å². The lowest BCUT2D eigenvalue weighted by atomic mass is 10.2. The van der Waals surface area contributed by atoms with Crippen LogP contribution >= 0.6 is 0 Å². The molecular formula is C10H7N3O. The molecule has 0 radical (unpaired) electrons. The van der Waals surface area contributed by atoms with Gasteiger partial charge in [-0.1, -0.05) is 12.1 Å². The fraction of sp³-hybridized carbons (Fsp3) is 0. The molecule has 14 heavy (non-hydrogen) atoms. The van der Waals surface area contributed by atoms with E-state index in [4.69, 9.17) is 5.26 Å². The molecule has 4 heteroatoms. The van der Waals surface area contributed by atoms with Crippen LogP contribution in [0, 0.1) is 11.3 Å². The fourth-order valence-corrected chi connectivity index (χ4v) is 1.26. The van der Waals surface area contributed by atoms with Crippen LogP contribution in [0.5, 0.6) is 0 Å². The smallest absolute Gasteiger partial charge is 0.272 e. The summed E-state index contributed by atoms with van der Waals surface area (Å²) in [5.41, 5.74) is 1.80. The number of nitrogens with zero attached hydrogens (tertiary/aromatic N) is 1. The Hall–Kier alpha value is -2.28. The highest BCUT2D eigenvalue weighted by Gasteiger charge is 2.18. The number of nitriles is 1. The Kier molecular flexibility index (Phi) is 1.92. The minimum atomic E-state index is -0.287. The average Bonchev–Trinajstić information content (AvgIpc) is 2.19. The molecule has 1 aromatic rings. The van der Waals surface area contributed by atoms with Crippen molar-refractivity contribution >= 4 is 17.3 Å². The van der Waals surface area contributed by atoms with Crippen LogP contribution in [-0.4, -0.2) is 5.91 Å². The van der Waals surface area contributed by atoms with E-state index < -0.39 is 0 Å². The number of nitrogens with one attached hydrogen (secondary N) is 2. The van der Waals surface area contributed by atoms with Crippen LogP contribution < -0.4 is 10.6 Å². The van der Waals surface area contributed by atoms with E-state index in [1.807, 2.05) is 24.3 Å². The van der Waals surface area contributed by atoms with Crippen molar-refractivity contribution in [3.63, 3.8) is 0 Å². The van der Waals surface area contributed by atoms with E-state index in [1.54, 1.807) is 6.07 Å². The molecule has 68 valence electrons. The van der Waals surface area contributed by atoms with E-state index >= 15 is 0 Å². The Morgan fingerprint density at radius 1 is 1.21 bits per heavy atom. The first-order valence-electron chi connectivity index (χ1n) is 4.08. The van der Waals surface area contributed by atoms with Gasteiger partial charge in [0.05, 0.1) is 17.4 Å². The number of carbonyl (C=O) groups excluding carboxylic acids is 1. The average molecular weight is 185 g/mol. The number of rotatable bonds is 0. The second kappa shape index (κ2) is 3.23. The van der Waals surface area contributed by atoms with Crippen LogP contribution in [0.15, 0.2) is 36.0 Å². The minimum absolute atomic E-state index is 0.270. The molecule has 2 rings (SSSR count). The molecule has 0 spiro atoms. The van der Waals surface area contributed by atoms with E-state index in [0.717, 1.165) is 11.4 Å². The minimum Gasteiger partial charge on any atom is -0.349 e. The summed E-state index contributed by atoms with van der Waals surface area (Å²) in [4.78, 5) is 11.4. The predicted octanol–water partition coefficient (Wildman–Crippen LogP) is 1.46. The van der Waals surface area contributed by atoms with Gasteiger partial charge < -0.3 is 10.6 Å². The number of anilines is 2. The van der Waals surface area contributed by atoms with Gasteiger partial charge in [-0.3, -0.25) is 4.79 Å². The Morgan fingerprint density at radius 3 is 2.50 bits per heavy atom. The quantitative estimate of drug-likeness (QED) is 0.475. The molecule has 4 nitrogen and oxygen atoms in total. The van der Waals surface area contributed by atoms with E-state index in [2.05, 4.69) is 10.6 Å². The highest BCUT2D eigenvalue weighted by atomic mass is 16.2. The second-order valence-electron chi connectivity index (χ2n) is 2.81. The van der Waals surface area contributed by atoms with Crippen molar-refractivity contribution in [3.8, 4) is 6.07 Å². The van der Waals surface area contributed by atoms with Gasteiger partial charge in [0.1, 0.15) is 5.70 Å². The first-order chi connectivity index (χ1) is 6.81. The SMILES string of the molecule is N#C/C=C1\Nc2ccccc2NC1=O. The van der Waals surface area contributed by atoms with E-state index in [9.17, 15) is 4.79 Å². The highest BCUT2D eigenvalue weighted by Crippen LogP contribution is 2.26. The van der Waals surface area contributed by atoms with Crippen molar-refractivity contribution in [2.24, 2.45) is 0 Å². The monoisotopic (exact) mass is 185 g/mol. The van der Waals surface area contributed by atoms with Gasteiger partial charge in [-0.2, -0.15) is 5.26 Å². The summed E-state index contributed by atoms with van der Waals surface area (Å²) in [5, 5.41) is 14.0. The van der Waals surface area contributed by atoms with E-state index in [1.165, 1.54) is 6.08 Å². The summed E-state index contributed by atoms with van der Waals surface area (Å²) in [6.45, 7) is 0. The van der Waals surface area contributed by atoms with Gasteiger partial charge in [-0.05, 0) is 12.1 Å². The van der Waals surface area contributed by atoms with E-state index in [0.29, 0.717) is 0 Å². The maximum Gasteiger partial charge on any atom is 0.272 e. The van der Waals surface area contributed by atoms with Crippen molar-refractivity contribution in [1.29, 1.82) is 5.26 Å². The molecule has 0 atom stereocenters. The standard InChI is InChI=1S/C10H7N3O/c11-6-5-9-10(14)13-8-4-2-1-3-7(8)12-9/h1-5,12H,(H,13,14)/b9-5-. The van der Waals surface area contributed by atoms with E-state index in [-0.39, 0.29) is 11.6 Å². The largest absolute Gasteiger partial charge is 0.349 e. The molecule has 1 aliphatic heterocycles. The van der Waals surface area contributed by atoms with Gasteiger partial charge in [0.25, 0.3) is 5.91 Å². The lowest BCUT2D eigenvalue weighted by molar-refractivity contribution is -0.112. The van der Waals surface area contributed by atoms with Gasteiger partial charge in [0.15, 0.2) is 0 Å². The molecule has 1 amide bonds. The third-order valence-corrected chi connectivity index (χ3v) is 1.90. The molecule has 1 aromatic carbocycles. The van der Waals surface area contributed by atoms with Crippen LogP contribution in [0.2, 0.25) is 0 Å².